The van der Waals surface area contributed by atoms with Gasteiger partial charge in [0.15, 0.2) is 0 Å². The van der Waals surface area contributed by atoms with Gasteiger partial charge in [0.25, 0.3) is 5.91 Å². The molecule has 4 rings (SSSR count). The molecule has 198 valence electrons. The number of hydrogen-bond acceptors (Lipinski definition) is 11. The van der Waals surface area contributed by atoms with Crippen LogP contribution in [0, 0.1) is 0 Å². The Hall–Kier alpha value is -3.42. The topological polar surface area (TPSA) is 166 Å². The molecular weight excluding hydrogens is 520 g/mol. The van der Waals surface area contributed by atoms with Gasteiger partial charge in [0.1, 0.15) is 44.7 Å². The predicted molar refractivity (Wildman–Crippen MR) is 143 cm³/mol. The summed E-state index contributed by atoms with van der Waals surface area (Å²) >= 11 is 2.75. The van der Waals surface area contributed by atoms with E-state index in [0.717, 1.165) is 0 Å². The van der Waals surface area contributed by atoms with Crippen LogP contribution >= 0.6 is 23.5 Å². The summed E-state index contributed by atoms with van der Waals surface area (Å²) in [5, 5.41) is 48.9. The molecule has 2 atom stereocenters. The highest BCUT2D eigenvalue weighted by molar-refractivity contribution is 8.15. The summed E-state index contributed by atoms with van der Waals surface area (Å²) in [4.78, 5) is 33.7. The van der Waals surface area contributed by atoms with Gasteiger partial charge in [0, 0.05) is 55.9 Å². The van der Waals surface area contributed by atoms with Crippen LogP contribution in [0.15, 0.2) is 46.4 Å². The smallest absolute Gasteiger partial charge is 0.274 e. The lowest BCUT2D eigenvalue weighted by Gasteiger charge is -2.21. The summed E-state index contributed by atoms with van der Waals surface area (Å²) in [6.45, 7) is 1.62. The van der Waals surface area contributed by atoms with Gasteiger partial charge in [-0.15, -0.1) is 23.5 Å². The van der Waals surface area contributed by atoms with E-state index in [9.17, 15) is 35.2 Å². The third-order valence-electron chi connectivity index (χ3n) is 5.39. The minimum Gasteiger partial charge on any atom is -0.508 e. The van der Waals surface area contributed by atoms with Gasteiger partial charge in [0.2, 0.25) is 5.91 Å². The van der Waals surface area contributed by atoms with Crippen molar-refractivity contribution >= 4 is 45.4 Å². The molecular formula is C24H28N4O7S2. The Morgan fingerprint density at radius 2 is 1.46 bits per heavy atom. The molecule has 0 radical (unpaired) electrons. The SMILES string of the molecule is CN(C)C(=O)[C@H]1CSC(c2ccc(O)cc2O)=N1.CN(O)C(=O)[C@@]1(C)CSC(c2ccc(O)cc2O)=N1. The lowest BCUT2D eigenvalue weighted by atomic mass is 10.1. The number of rotatable bonds is 4. The van der Waals surface area contributed by atoms with E-state index >= 15 is 0 Å². The summed E-state index contributed by atoms with van der Waals surface area (Å²) in [6.07, 6.45) is 0. The van der Waals surface area contributed by atoms with Gasteiger partial charge in [-0.2, -0.15) is 0 Å². The first-order chi connectivity index (χ1) is 17.3. The number of thioether (sulfide) groups is 2. The van der Waals surface area contributed by atoms with Gasteiger partial charge >= 0.3 is 0 Å². The number of hydrogen-bond donors (Lipinski definition) is 5. The molecule has 5 N–H and O–H groups in total. The molecule has 2 amide bonds. The number of aromatic hydroxyl groups is 4. The molecule has 2 aromatic carbocycles. The molecule has 0 aromatic heterocycles. The molecule has 0 spiro atoms. The highest BCUT2D eigenvalue weighted by Crippen LogP contribution is 2.36. The number of amides is 2. The molecule has 0 saturated heterocycles. The van der Waals surface area contributed by atoms with E-state index in [2.05, 4.69) is 9.98 Å². The Morgan fingerprint density at radius 3 is 1.95 bits per heavy atom. The highest BCUT2D eigenvalue weighted by Gasteiger charge is 2.40. The van der Waals surface area contributed by atoms with E-state index in [1.165, 1.54) is 65.8 Å². The van der Waals surface area contributed by atoms with Crippen molar-refractivity contribution in [3.63, 3.8) is 0 Å². The summed E-state index contributed by atoms with van der Waals surface area (Å²) in [7, 11) is 4.64. The molecule has 0 fully saturated rings. The Bertz CT molecular complexity index is 1270. The minimum atomic E-state index is -1.05. The number of benzene rings is 2. The van der Waals surface area contributed by atoms with Crippen LogP contribution < -0.4 is 0 Å². The average molecular weight is 549 g/mol. The molecule has 0 aliphatic carbocycles. The summed E-state index contributed by atoms with van der Waals surface area (Å²) in [6, 6.07) is 8.14. The van der Waals surface area contributed by atoms with Crippen LogP contribution in [-0.2, 0) is 9.59 Å². The number of phenolic OH excluding ortho intramolecular Hbond substituents is 4. The van der Waals surface area contributed by atoms with Gasteiger partial charge in [-0.25, -0.2) is 5.06 Å². The molecule has 11 nitrogen and oxygen atoms in total. The fourth-order valence-corrected chi connectivity index (χ4v) is 5.70. The van der Waals surface area contributed by atoms with E-state index in [-0.39, 0.29) is 28.9 Å². The fraction of sp³-hybridized carbons (Fsp3) is 0.333. The van der Waals surface area contributed by atoms with Crippen LogP contribution in [0.5, 0.6) is 23.0 Å². The molecule has 2 aliphatic heterocycles. The second kappa shape index (κ2) is 11.3. The van der Waals surface area contributed by atoms with Crippen LogP contribution in [-0.4, -0.2) is 102 Å². The lowest BCUT2D eigenvalue weighted by molar-refractivity contribution is -0.163. The zero-order valence-corrected chi connectivity index (χ0v) is 22.2. The lowest BCUT2D eigenvalue weighted by Crippen LogP contribution is -2.43. The molecule has 0 bridgehead atoms. The number of aliphatic imine (C=N–C) groups is 2. The molecule has 2 aromatic rings. The molecule has 2 aliphatic rings. The standard InChI is InChI=1S/C12H14N2O4S.C12H14N2O3S/c1-12(11(17)14(2)18)6-19-10(13-12)8-4-3-7(15)5-9(8)16;1-14(2)12(17)9-6-18-11(13-9)8-4-3-7(15)5-10(8)16/h3-5,15-16,18H,6H2,1-2H3;3-5,9,15-16H,6H2,1-2H3/t12-;9-/m11/s1. The van der Waals surface area contributed by atoms with E-state index in [4.69, 9.17) is 0 Å². The van der Waals surface area contributed by atoms with Gasteiger partial charge in [-0.05, 0) is 31.2 Å². The van der Waals surface area contributed by atoms with Crippen molar-refractivity contribution in [2.75, 3.05) is 32.6 Å². The van der Waals surface area contributed by atoms with Crippen LogP contribution in [0.1, 0.15) is 18.1 Å². The number of carbonyl (C=O) groups excluding carboxylic acids is 2. The monoisotopic (exact) mass is 548 g/mol. The maximum Gasteiger partial charge on any atom is 0.274 e. The number of nitrogens with zero attached hydrogens (tertiary/aromatic N) is 4. The third-order valence-corrected chi connectivity index (χ3v) is 7.77. The first kappa shape index (κ1) is 28.2. The third kappa shape index (κ3) is 6.48. The largest absolute Gasteiger partial charge is 0.508 e. The maximum atomic E-state index is 11.8. The zero-order chi connectivity index (χ0) is 27.5. The van der Waals surface area contributed by atoms with Crippen LogP contribution in [0.25, 0.3) is 0 Å². The minimum absolute atomic E-state index is 0.000708. The number of likely N-dealkylation sites (N-methyl/N-ethyl adjacent to an activating group) is 2. The summed E-state index contributed by atoms with van der Waals surface area (Å²) in [5.74, 6) is 0.238. The van der Waals surface area contributed by atoms with E-state index < -0.39 is 17.5 Å². The Labute approximate surface area is 222 Å². The van der Waals surface area contributed by atoms with Crippen molar-refractivity contribution in [3.8, 4) is 23.0 Å². The van der Waals surface area contributed by atoms with E-state index in [1.807, 2.05) is 0 Å². The first-order valence-electron chi connectivity index (χ1n) is 11.0. The van der Waals surface area contributed by atoms with Crippen molar-refractivity contribution in [2.45, 2.75) is 18.5 Å². The van der Waals surface area contributed by atoms with Crippen molar-refractivity contribution in [3.05, 3.63) is 47.5 Å². The van der Waals surface area contributed by atoms with Gasteiger partial charge in [-0.1, -0.05) is 0 Å². The Morgan fingerprint density at radius 1 is 0.919 bits per heavy atom. The number of phenols is 4. The summed E-state index contributed by atoms with van der Waals surface area (Å²) in [5.41, 5.74) is -0.0415. The molecule has 0 unspecified atom stereocenters. The molecule has 13 heteroatoms. The van der Waals surface area contributed by atoms with Crippen molar-refractivity contribution < 1.29 is 35.2 Å². The Kier molecular flexibility index (Phi) is 8.61. The predicted octanol–water partition coefficient (Wildman–Crippen LogP) is 2.25. The maximum absolute atomic E-state index is 11.8. The van der Waals surface area contributed by atoms with Gasteiger partial charge in [0.05, 0.1) is 0 Å². The number of hydroxylamine groups is 2. The first-order valence-corrected chi connectivity index (χ1v) is 13.0. The van der Waals surface area contributed by atoms with Gasteiger partial charge < -0.3 is 25.3 Å². The number of carbonyl (C=O) groups is 2. The molecule has 37 heavy (non-hydrogen) atoms. The summed E-state index contributed by atoms with van der Waals surface area (Å²) < 4.78 is 0. The highest BCUT2D eigenvalue weighted by atomic mass is 32.2. The fourth-order valence-electron chi connectivity index (χ4n) is 3.44. The molecule has 0 saturated carbocycles. The van der Waals surface area contributed by atoms with E-state index in [0.29, 0.717) is 37.8 Å². The van der Waals surface area contributed by atoms with Crippen LogP contribution in [0.3, 0.4) is 0 Å². The molecule has 2 heterocycles. The van der Waals surface area contributed by atoms with Crippen molar-refractivity contribution in [1.29, 1.82) is 0 Å². The zero-order valence-electron chi connectivity index (χ0n) is 20.6. The normalized spacial score (nSPS) is 20.4. The van der Waals surface area contributed by atoms with Crippen molar-refractivity contribution in [1.82, 2.24) is 9.96 Å². The van der Waals surface area contributed by atoms with Crippen molar-refractivity contribution in [2.24, 2.45) is 9.98 Å². The van der Waals surface area contributed by atoms with Crippen LogP contribution in [0.4, 0.5) is 0 Å². The second-order valence-corrected chi connectivity index (χ2v) is 10.7. The van der Waals surface area contributed by atoms with E-state index in [1.54, 1.807) is 27.1 Å². The average Bonchev–Trinajstić information content (AvgIpc) is 3.46. The second-order valence-electron chi connectivity index (χ2n) is 8.70. The van der Waals surface area contributed by atoms with Crippen LogP contribution in [0.2, 0.25) is 0 Å². The quantitative estimate of drug-likeness (QED) is 0.284. The van der Waals surface area contributed by atoms with Gasteiger partial charge in [-0.3, -0.25) is 24.8 Å². The Balaban J connectivity index is 0.000000206.